The Labute approximate surface area is 169 Å². The van der Waals surface area contributed by atoms with Crippen LogP contribution in [-0.4, -0.2) is 40.4 Å². The quantitative estimate of drug-likeness (QED) is 0.488. The molecule has 0 saturated heterocycles. The number of nitrogens with zero attached hydrogens (tertiary/aromatic N) is 6. The van der Waals surface area contributed by atoms with Gasteiger partial charge in [0.2, 0.25) is 5.91 Å². The van der Waals surface area contributed by atoms with Crippen molar-refractivity contribution in [3.8, 4) is 17.2 Å². The maximum Gasteiger partial charge on any atom is 0.244 e. The molecule has 0 spiro atoms. The maximum absolute atomic E-state index is 12.5. The molecule has 0 atom stereocenters. The highest BCUT2D eigenvalue weighted by atomic mass is 35.5. The molecule has 3 aromatic heterocycles. The van der Waals surface area contributed by atoms with Crippen LogP contribution in [0.25, 0.3) is 17.2 Å². The highest BCUT2D eigenvalue weighted by Gasteiger charge is 2.13. The predicted octanol–water partition coefficient (Wildman–Crippen LogP) is 2.88. The topological polar surface area (TPSA) is 106 Å². The SMILES string of the molecule is O=C(Cn1c(-c2ccc(Cl)cc2)n[nH]c1=S)Nc1ccc(-n2cncn2)nc1. The molecule has 1 amide bonds. The molecule has 0 unspecified atom stereocenters. The third kappa shape index (κ3) is 3.82. The smallest absolute Gasteiger partial charge is 0.244 e. The molecule has 4 aromatic rings. The minimum Gasteiger partial charge on any atom is -0.323 e. The summed E-state index contributed by atoms with van der Waals surface area (Å²) >= 11 is 11.2. The Morgan fingerprint density at radius 2 is 2.04 bits per heavy atom. The first-order valence-electron chi connectivity index (χ1n) is 8.12. The lowest BCUT2D eigenvalue weighted by Crippen LogP contribution is -2.19. The van der Waals surface area contributed by atoms with Gasteiger partial charge in [0.1, 0.15) is 19.2 Å². The normalized spacial score (nSPS) is 10.8. The summed E-state index contributed by atoms with van der Waals surface area (Å²) in [4.78, 5) is 20.6. The monoisotopic (exact) mass is 412 g/mol. The van der Waals surface area contributed by atoms with Gasteiger partial charge in [0.05, 0.1) is 11.9 Å². The van der Waals surface area contributed by atoms with Gasteiger partial charge in [-0.05, 0) is 48.6 Å². The van der Waals surface area contributed by atoms with Crippen molar-refractivity contribution in [2.75, 3.05) is 5.32 Å². The number of nitrogens with one attached hydrogen (secondary N) is 2. The second-order valence-electron chi connectivity index (χ2n) is 5.74. The van der Waals surface area contributed by atoms with Gasteiger partial charge < -0.3 is 5.32 Å². The van der Waals surface area contributed by atoms with E-state index in [4.69, 9.17) is 23.8 Å². The number of amides is 1. The summed E-state index contributed by atoms with van der Waals surface area (Å²) in [5, 5.41) is 14.3. The second kappa shape index (κ2) is 7.71. The van der Waals surface area contributed by atoms with Gasteiger partial charge in [-0.1, -0.05) is 11.6 Å². The molecule has 0 aliphatic heterocycles. The van der Waals surface area contributed by atoms with E-state index in [1.54, 1.807) is 41.4 Å². The van der Waals surface area contributed by atoms with E-state index >= 15 is 0 Å². The van der Waals surface area contributed by atoms with E-state index in [0.29, 0.717) is 27.1 Å². The molecule has 2 N–H and O–H groups in total. The number of aromatic nitrogens is 7. The number of carbonyl (C=O) groups is 1. The highest BCUT2D eigenvalue weighted by Crippen LogP contribution is 2.20. The van der Waals surface area contributed by atoms with Crippen LogP contribution in [0.1, 0.15) is 0 Å². The Kier molecular flexibility index (Phi) is 4.96. The summed E-state index contributed by atoms with van der Waals surface area (Å²) in [6, 6.07) is 10.6. The number of pyridine rings is 1. The molecular formula is C17H13ClN8OS. The largest absolute Gasteiger partial charge is 0.323 e. The van der Waals surface area contributed by atoms with Crippen molar-refractivity contribution in [2.45, 2.75) is 6.54 Å². The van der Waals surface area contributed by atoms with E-state index < -0.39 is 0 Å². The molecule has 11 heteroatoms. The predicted molar refractivity (Wildman–Crippen MR) is 106 cm³/mol. The van der Waals surface area contributed by atoms with Crippen molar-refractivity contribution in [1.29, 1.82) is 0 Å². The minimum atomic E-state index is -0.261. The van der Waals surface area contributed by atoms with E-state index in [0.717, 1.165) is 5.56 Å². The van der Waals surface area contributed by atoms with E-state index in [9.17, 15) is 4.79 Å². The molecular weight excluding hydrogens is 400 g/mol. The zero-order chi connectivity index (χ0) is 19.5. The second-order valence-corrected chi connectivity index (χ2v) is 6.56. The molecule has 0 saturated carbocycles. The van der Waals surface area contributed by atoms with Crippen molar-refractivity contribution < 1.29 is 4.79 Å². The van der Waals surface area contributed by atoms with Crippen LogP contribution in [0.2, 0.25) is 5.02 Å². The minimum absolute atomic E-state index is 0.00186. The molecule has 3 heterocycles. The van der Waals surface area contributed by atoms with Gasteiger partial charge in [-0.2, -0.15) is 10.2 Å². The molecule has 28 heavy (non-hydrogen) atoms. The van der Waals surface area contributed by atoms with E-state index in [1.807, 2.05) is 12.1 Å². The molecule has 0 aliphatic carbocycles. The van der Waals surface area contributed by atoms with Gasteiger partial charge in [-0.3, -0.25) is 14.5 Å². The Morgan fingerprint density at radius 1 is 1.21 bits per heavy atom. The van der Waals surface area contributed by atoms with Gasteiger partial charge in [0, 0.05) is 10.6 Å². The van der Waals surface area contributed by atoms with E-state index in [1.165, 1.54) is 11.0 Å². The van der Waals surface area contributed by atoms with Crippen molar-refractivity contribution in [3.05, 3.63) is 65.0 Å². The molecule has 4 rings (SSSR count). The van der Waals surface area contributed by atoms with Crippen LogP contribution < -0.4 is 5.32 Å². The van der Waals surface area contributed by atoms with Crippen LogP contribution in [-0.2, 0) is 11.3 Å². The molecule has 0 aliphatic rings. The molecule has 0 radical (unpaired) electrons. The van der Waals surface area contributed by atoms with Crippen LogP contribution in [0.15, 0.2) is 55.2 Å². The summed E-state index contributed by atoms with van der Waals surface area (Å²) < 4.78 is 3.49. The standard InChI is InChI=1S/C17H13ClN8OS/c18-12-3-1-11(2-4-12)16-23-24-17(28)25(16)8-15(27)22-13-5-6-14(20-7-13)26-10-19-9-21-26/h1-7,9-10H,8H2,(H,22,27)(H,24,28). The molecule has 0 bridgehead atoms. The lowest BCUT2D eigenvalue weighted by molar-refractivity contribution is -0.116. The van der Waals surface area contributed by atoms with E-state index in [2.05, 4.69) is 30.6 Å². The Bertz CT molecular complexity index is 1150. The number of carbonyl (C=O) groups excluding carboxylic acids is 1. The van der Waals surface area contributed by atoms with Crippen LogP contribution in [0.4, 0.5) is 5.69 Å². The number of hydrogen-bond acceptors (Lipinski definition) is 6. The number of anilines is 1. The first-order valence-corrected chi connectivity index (χ1v) is 8.91. The van der Waals surface area contributed by atoms with Gasteiger partial charge >= 0.3 is 0 Å². The number of aromatic amines is 1. The van der Waals surface area contributed by atoms with Gasteiger partial charge in [-0.25, -0.2) is 14.6 Å². The van der Waals surface area contributed by atoms with Crippen molar-refractivity contribution in [3.63, 3.8) is 0 Å². The number of halogens is 1. The zero-order valence-corrected chi connectivity index (χ0v) is 15.9. The van der Waals surface area contributed by atoms with Gasteiger partial charge in [0.15, 0.2) is 16.4 Å². The Balaban J connectivity index is 1.49. The molecule has 0 fully saturated rings. The van der Waals surface area contributed by atoms with E-state index in [-0.39, 0.29) is 12.5 Å². The van der Waals surface area contributed by atoms with Crippen LogP contribution in [0, 0.1) is 4.77 Å². The summed E-state index contributed by atoms with van der Waals surface area (Å²) in [7, 11) is 0. The van der Waals surface area contributed by atoms with Crippen LogP contribution in [0.5, 0.6) is 0 Å². The summed E-state index contributed by atoms with van der Waals surface area (Å²) in [6.07, 6.45) is 4.51. The number of hydrogen-bond donors (Lipinski definition) is 2. The molecule has 9 nitrogen and oxygen atoms in total. The highest BCUT2D eigenvalue weighted by molar-refractivity contribution is 7.71. The maximum atomic E-state index is 12.5. The molecule has 140 valence electrons. The molecule has 1 aromatic carbocycles. The first kappa shape index (κ1) is 18.0. The fraction of sp³-hybridized carbons (Fsp3) is 0.0588. The zero-order valence-electron chi connectivity index (χ0n) is 14.3. The summed E-state index contributed by atoms with van der Waals surface area (Å²) in [6.45, 7) is -0.00186. The summed E-state index contributed by atoms with van der Waals surface area (Å²) in [5.74, 6) is 0.886. The number of H-pyrrole nitrogens is 1. The van der Waals surface area contributed by atoms with Crippen molar-refractivity contribution in [1.82, 2.24) is 34.5 Å². The van der Waals surface area contributed by atoms with Crippen LogP contribution >= 0.6 is 23.8 Å². The third-order valence-electron chi connectivity index (χ3n) is 3.85. The van der Waals surface area contributed by atoms with Gasteiger partial charge in [0.25, 0.3) is 0 Å². The lowest BCUT2D eigenvalue weighted by Gasteiger charge is -2.09. The fourth-order valence-corrected chi connectivity index (χ4v) is 2.87. The first-order chi connectivity index (χ1) is 13.6. The average molecular weight is 413 g/mol. The third-order valence-corrected chi connectivity index (χ3v) is 4.41. The number of benzene rings is 1. The average Bonchev–Trinajstić information content (AvgIpc) is 3.34. The van der Waals surface area contributed by atoms with Crippen molar-refractivity contribution >= 4 is 35.4 Å². The lowest BCUT2D eigenvalue weighted by atomic mass is 10.2. The summed E-state index contributed by atoms with van der Waals surface area (Å²) in [5.41, 5.74) is 1.35. The van der Waals surface area contributed by atoms with Crippen LogP contribution in [0.3, 0.4) is 0 Å². The Morgan fingerprint density at radius 3 is 2.71 bits per heavy atom. The number of rotatable bonds is 5. The fourth-order valence-electron chi connectivity index (χ4n) is 2.55. The van der Waals surface area contributed by atoms with Crippen molar-refractivity contribution in [2.24, 2.45) is 0 Å². The Hall–Kier alpha value is -3.37. The van der Waals surface area contributed by atoms with Gasteiger partial charge in [-0.15, -0.1) is 0 Å².